The Hall–Kier alpha value is -1.38. The third kappa shape index (κ3) is 6.06. The quantitative estimate of drug-likeness (QED) is 0.288. The van der Waals surface area contributed by atoms with Gasteiger partial charge in [0.2, 0.25) is 0 Å². The fourth-order valence-corrected chi connectivity index (χ4v) is 5.94. The SMILES string of the molecule is CCOCCOc1cc(C)sc1-c1sc(-c2ccc(C)s2)cc1OCCOCC. The second-order valence-corrected chi connectivity index (χ2v) is 9.95. The minimum atomic E-state index is 0.533. The van der Waals surface area contributed by atoms with Gasteiger partial charge < -0.3 is 18.9 Å². The molecular weight excluding hydrogens is 424 g/mol. The fourth-order valence-electron chi connectivity index (χ4n) is 2.79. The molecule has 3 aromatic heterocycles. The van der Waals surface area contributed by atoms with Gasteiger partial charge in [0.1, 0.15) is 24.7 Å². The molecule has 0 fully saturated rings. The zero-order valence-electron chi connectivity index (χ0n) is 17.4. The third-order valence-electron chi connectivity index (χ3n) is 4.09. The van der Waals surface area contributed by atoms with Crippen LogP contribution in [-0.4, -0.2) is 39.6 Å². The molecule has 0 N–H and O–H groups in total. The lowest BCUT2D eigenvalue weighted by atomic mass is 10.3. The molecule has 158 valence electrons. The van der Waals surface area contributed by atoms with Crippen LogP contribution in [0.4, 0.5) is 0 Å². The second kappa shape index (κ2) is 11.1. The summed E-state index contributed by atoms with van der Waals surface area (Å²) in [5.74, 6) is 1.80. The van der Waals surface area contributed by atoms with Crippen molar-refractivity contribution in [2.45, 2.75) is 27.7 Å². The van der Waals surface area contributed by atoms with Crippen molar-refractivity contribution in [2.75, 3.05) is 39.6 Å². The van der Waals surface area contributed by atoms with Crippen molar-refractivity contribution in [1.82, 2.24) is 0 Å². The zero-order valence-corrected chi connectivity index (χ0v) is 19.9. The van der Waals surface area contributed by atoms with Gasteiger partial charge in [-0.1, -0.05) is 0 Å². The standard InChI is InChI=1S/C22H28O4S3/c1-5-23-9-11-25-17-13-16(4)28-21(17)22-18(26-12-10-24-6-2)14-20(29-22)19-8-7-15(3)27-19/h7-8,13-14H,5-6,9-12H2,1-4H3. The van der Waals surface area contributed by atoms with E-state index in [-0.39, 0.29) is 0 Å². The lowest BCUT2D eigenvalue weighted by Gasteiger charge is -2.09. The molecule has 29 heavy (non-hydrogen) atoms. The van der Waals surface area contributed by atoms with Gasteiger partial charge in [-0.15, -0.1) is 34.0 Å². The van der Waals surface area contributed by atoms with E-state index < -0.39 is 0 Å². The summed E-state index contributed by atoms with van der Waals surface area (Å²) in [4.78, 5) is 7.24. The Labute approximate surface area is 185 Å². The minimum Gasteiger partial charge on any atom is -0.490 e. The number of hydrogen-bond donors (Lipinski definition) is 0. The Kier molecular flexibility index (Phi) is 8.56. The average molecular weight is 453 g/mol. The molecule has 0 bridgehead atoms. The van der Waals surface area contributed by atoms with Crippen LogP contribution in [0, 0.1) is 13.8 Å². The van der Waals surface area contributed by atoms with Gasteiger partial charge in [-0.3, -0.25) is 0 Å². The lowest BCUT2D eigenvalue weighted by molar-refractivity contribution is 0.110. The maximum absolute atomic E-state index is 6.13. The van der Waals surface area contributed by atoms with E-state index in [1.54, 1.807) is 34.0 Å². The number of hydrogen-bond acceptors (Lipinski definition) is 7. The first-order valence-corrected chi connectivity index (χ1v) is 12.3. The Bertz CT molecular complexity index is 894. The fraction of sp³-hybridized carbons (Fsp3) is 0.455. The number of ether oxygens (including phenoxy) is 4. The molecule has 0 aromatic carbocycles. The van der Waals surface area contributed by atoms with Crippen LogP contribution in [0.2, 0.25) is 0 Å². The van der Waals surface area contributed by atoms with Crippen molar-refractivity contribution >= 4 is 34.0 Å². The van der Waals surface area contributed by atoms with Gasteiger partial charge in [0, 0.05) is 38.8 Å². The van der Waals surface area contributed by atoms with Crippen LogP contribution in [0.5, 0.6) is 11.5 Å². The normalized spacial score (nSPS) is 11.2. The van der Waals surface area contributed by atoms with Crippen molar-refractivity contribution in [1.29, 1.82) is 0 Å². The van der Waals surface area contributed by atoms with Gasteiger partial charge in [0.25, 0.3) is 0 Å². The molecule has 0 radical (unpaired) electrons. The summed E-state index contributed by atoms with van der Waals surface area (Å²) in [5.41, 5.74) is 0. The average Bonchev–Trinajstić information content (AvgIpc) is 3.40. The maximum atomic E-state index is 6.13. The highest BCUT2D eigenvalue weighted by molar-refractivity contribution is 7.27. The maximum Gasteiger partial charge on any atom is 0.139 e. The van der Waals surface area contributed by atoms with Crippen molar-refractivity contribution in [3.05, 3.63) is 34.0 Å². The molecule has 0 aliphatic carbocycles. The summed E-state index contributed by atoms with van der Waals surface area (Å²) >= 11 is 5.30. The van der Waals surface area contributed by atoms with Crippen molar-refractivity contribution in [3.8, 4) is 31.0 Å². The molecule has 7 heteroatoms. The second-order valence-electron chi connectivity index (χ2n) is 6.36. The Morgan fingerprint density at radius 1 is 0.655 bits per heavy atom. The van der Waals surface area contributed by atoms with Crippen LogP contribution >= 0.6 is 34.0 Å². The van der Waals surface area contributed by atoms with Crippen LogP contribution in [-0.2, 0) is 9.47 Å². The summed E-state index contributed by atoms with van der Waals surface area (Å²) in [5, 5.41) is 0. The summed E-state index contributed by atoms with van der Waals surface area (Å²) in [6, 6.07) is 8.59. The number of thiophene rings is 3. The predicted molar refractivity (Wildman–Crippen MR) is 124 cm³/mol. The van der Waals surface area contributed by atoms with E-state index in [0.717, 1.165) is 21.3 Å². The summed E-state index contributed by atoms with van der Waals surface area (Å²) < 4.78 is 23.0. The molecule has 0 amide bonds. The molecule has 0 saturated heterocycles. The molecule has 3 heterocycles. The van der Waals surface area contributed by atoms with Crippen LogP contribution in [0.1, 0.15) is 23.6 Å². The highest BCUT2D eigenvalue weighted by atomic mass is 32.1. The van der Waals surface area contributed by atoms with Crippen molar-refractivity contribution in [2.24, 2.45) is 0 Å². The first-order valence-electron chi connectivity index (χ1n) is 9.84. The third-order valence-corrected chi connectivity index (χ3v) is 7.60. The van der Waals surface area contributed by atoms with E-state index in [1.807, 2.05) is 13.8 Å². The van der Waals surface area contributed by atoms with E-state index >= 15 is 0 Å². The van der Waals surface area contributed by atoms with E-state index in [2.05, 4.69) is 38.1 Å². The van der Waals surface area contributed by atoms with Gasteiger partial charge in [-0.05, 0) is 45.9 Å². The number of rotatable bonds is 12. The van der Waals surface area contributed by atoms with Gasteiger partial charge in [-0.25, -0.2) is 0 Å². The first kappa shape index (κ1) is 22.3. The molecule has 3 rings (SSSR count). The van der Waals surface area contributed by atoms with Gasteiger partial charge in [0.05, 0.1) is 23.0 Å². The number of aryl methyl sites for hydroxylation is 2. The van der Waals surface area contributed by atoms with Gasteiger partial charge >= 0.3 is 0 Å². The Balaban J connectivity index is 1.89. The van der Waals surface area contributed by atoms with Gasteiger partial charge in [-0.2, -0.15) is 0 Å². The van der Waals surface area contributed by atoms with Gasteiger partial charge in [0.15, 0.2) is 0 Å². The van der Waals surface area contributed by atoms with Crippen molar-refractivity contribution in [3.63, 3.8) is 0 Å². The monoisotopic (exact) mass is 452 g/mol. The molecule has 0 unspecified atom stereocenters. The highest BCUT2D eigenvalue weighted by Crippen LogP contribution is 2.50. The first-order chi connectivity index (χ1) is 14.1. The van der Waals surface area contributed by atoms with Crippen LogP contribution in [0.3, 0.4) is 0 Å². The van der Waals surface area contributed by atoms with E-state index in [1.165, 1.54) is 19.5 Å². The molecule has 4 nitrogen and oxygen atoms in total. The minimum absolute atomic E-state index is 0.533. The molecule has 0 aliphatic rings. The van der Waals surface area contributed by atoms with Crippen molar-refractivity contribution < 1.29 is 18.9 Å². The highest BCUT2D eigenvalue weighted by Gasteiger charge is 2.20. The van der Waals surface area contributed by atoms with Crippen LogP contribution < -0.4 is 9.47 Å². The summed E-state index contributed by atoms with van der Waals surface area (Å²) in [6.45, 7) is 11.9. The zero-order chi connectivity index (χ0) is 20.6. The summed E-state index contributed by atoms with van der Waals surface area (Å²) in [6.07, 6.45) is 0. The molecule has 0 spiro atoms. The Morgan fingerprint density at radius 2 is 1.28 bits per heavy atom. The largest absolute Gasteiger partial charge is 0.490 e. The van der Waals surface area contributed by atoms with Crippen LogP contribution in [0.15, 0.2) is 24.3 Å². The predicted octanol–water partition coefficient (Wildman–Crippen LogP) is 6.65. The van der Waals surface area contributed by atoms with E-state index in [0.29, 0.717) is 39.6 Å². The molecule has 3 aromatic rings. The van der Waals surface area contributed by atoms with E-state index in [9.17, 15) is 0 Å². The lowest BCUT2D eigenvalue weighted by Crippen LogP contribution is -2.07. The molecule has 0 aliphatic heterocycles. The smallest absolute Gasteiger partial charge is 0.139 e. The molecule has 0 atom stereocenters. The Morgan fingerprint density at radius 3 is 1.86 bits per heavy atom. The van der Waals surface area contributed by atoms with E-state index in [4.69, 9.17) is 18.9 Å². The topological polar surface area (TPSA) is 36.9 Å². The van der Waals surface area contributed by atoms with Crippen LogP contribution in [0.25, 0.3) is 19.5 Å². The molecular formula is C22H28O4S3. The molecule has 0 saturated carbocycles. The summed E-state index contributed by atoms with van der Waals surface area (Å²) in [7, 11) is 0.